The third-order valence-corrected chi connectivity index (χ3v) is 5.12. The Kier molecular flexibility index (Phi) is 9.59. The molecule has 3 N–H and O–H groups in total. The Bertz CT molecular complexity index is 1240. The lowest BCUT2D eigenvalue weighted by atomic mass is 10.2. The van der Waals surface area contributed by atoms with E-state index in [1.54, 1.807) is 0 Å². The number of ether oxygens (including phenoxy) is 2. The van der Waals surface area contributed by atoms with Crippen molar-refractivity contribution in [3.8, 4) is 0 Å². The number of aryl methyl sites for hydroxylation is 1. The lowest BCUT2D eigenvalue weighted by Gasteiger charge is -2.19. The summed E-state index contributed by atoms with van der Waals surface area (Å²) in [7, 11) is -3.11. The molecule has 0 saturated carbocycles. The number of nitrogens with two attached hydrogens (primary N) is 1. The van der Waals surface area contributed by atoms with Crippen molar-refractivity contribution in [3.05, 3.63) is 51.8 Å². The minimum atomic E-state index is -3.11. The highest BCUT2D eigenvalue weighted by atomic mass is 32.2. The zero-order valence-corrected chi connectivity index (χ0v) is 19.3. The predicted molar refractivity (Wildman–Crippen MR) is 118 cm³/mol. The van der Waals surface area contributed by atoms with Crippen molar-refractivity contribution in [2.24, 2.45) is 0 Å². The van der Waals surface area contributed by atoms with Crippen molar-refractivity contribution in [3.63, 3.8) is 0 Å². The summed E-state index contributed by atoms with van der Waals surface area (Å²) in [4.78, 5) is 31.1. The van der Waals surface area contributed by atoms with Crippen LogP contribution < -0.4 is 10.6 Å². The second kappa shape index (κ2) is 12.2. The van der Waals surface area contributed by atoms with E-state index >= 15 is 0 Å². The molecule has 1 aliphatic rings. The van der Waals surface area contributed by atoms with Crippen LogP contribution >= 0.6 is 11.3 Å². The van der Waals surface area contributed by atoms with Crippen LogP contribution in [-0.4, -0.2) is 57.1 Å². The molecule has 1 aromatic carbocycles. The number of carbonyl (C=O) groups excluding carboxylic acids is 1. The highest BCUT2D eigenvalue weighted by Crippen LogP contribution is 2.33. The first kappa shape index (κ1) is 26.1. The van der Waals surface area contributed by atoms with Crippen LogP contribution in [0.15, 0.2) is 41.3 Å². The van der Waals surface area contributed by atoms with E-state index in [-0.39, 0.29) is 17.4 Å². The van der Waals surface area contributed by atoms with Gasteiger partial charge in [0, 0.05) is 13.3 Å². The molecule has 0 aliphatic carbocycles. The third-order valence-electron chi connectivity index (χ3n) is 4.24. The van der Waals surface area contributed by atoms with Crippen LogP contribution in [0.1, 0.15) is 25.1 Å². The number of rotatable bonds is 3. The fourth-order valence-electron chi connectivity index (χ4n) is 2.99. The highest BCUT2D eigenvalue weighted by molar-refractivity contribution is 7.59. The number of nitrogens with zero attached hydrogens (tertiary/aromatic N) is 3. The lowest BCUT2D eigenvalue weighted by molar-refractivity contribution is -0.152. The van der Waals surface area contributed by atoms with Crippen molar-refractivity contribution in [2.75, 3.05) is 12.3 Å². The first-order valence-corrected chi connectivity index (χ1v) is 11.3. The van der Waals surface area contributed by atoms with Crippen LogP contribution in [0, 0.1) is 6.92 Å². The molecule has 3 atom stereocenters. The van der Waals surface area contributed by atoms with Gasteiger partial charge < -0.3 is 20.3 Å². The van der Waals surface area contributed by atoms with E-state index in [1.165, 1.54) is 23.3 Å². The zero-order chi connectivity index (χ0) is 24.5. The Morgan fingerprint density at radius 3 is 2.48 bits per heavy atom. The lowest BCUT2D eigenvalue weighted by Crippen LogP contribution is -2.30. The van der Waals surface area contributed by atoms with Crippen LogP contribution in [0.4, 0.5) is 5.95 Å². The molecule has 0 radical (unpaired) electrons. The fraction of sp³-hybridized carbons (Fsp3) is 0.368. The van der Waals surface area contributed by atoms with Gasteiger partial charge in [-0.3, -0.25) is 14.2 Å². The number of thiazole rings is 1. The first-order chi connectivity index (χ1) is 15.6. The number of fused-ring (bicyclic) bond motifs is 1. The van der Waals surface area contributed by atoms with E-state index in [2.05, 4.69) is 29.0 Å². The smallest absolute Gasteiger partial charge is 0.425 e. The van der Waals surface area contributed by atoms with Gasteiger partial charge in [-0.1, -0.05) is 47.2 Å². The molecular formula is C19H22N4O8S2. The van der Waals surface area contributed by atoms with Crippen LogP contribution in [0.2, 0.25) is 0 Å². The number of anilines is 1. The van der Waals surface area contributed by atoms with Gasteiger partial charge in [-0.15, -0.1) is 12.6 Å². The Hall–Kier alpha value is -3.20. The molecule has 33 heavy (non-hydrogen) atoms. The van der Waals surface area contributed by atoms with Gasteiger partial charge in [-0.25, -0.2) is 4.98 Å². The summed E-state index contributed by atoms with van der Waals surface area (Å²) in [5.41, 5.74) is 7.21. The molecule has 3 heterocycles. The molecule has 0 amide bonds. The second-order valence-corrected chi connectivity index (χ2v) is 8.13. The summed E-state index contributed by atoms with van der Waals surface area (Å²) in [5, 5.41) is 9.26. The van der Waals surface area contributed by atoms with E-state index < -0.39 is 35.0 Å². The van der Waals surface area contributed by atoms with Crippen molar-refractivity contribution in [2.45, 2.75) is 38.7 Å². The summed E-state index contributed by atoms with van der Waals surface area (Å²) < 4.78 is 38.0. The van der Waals surface area contributed by atoms with Crippen molar-refractivity contribution in [1.82, 2.24) is 14.5 Å². The van der Waals surface area contributed by atoms with Crippen LogP contribution in [0.5, 0.6) is 0 Å². The quantitative estimate of drug-likeness (QED) is 0.483. The molecule has 14 heteroatoms. The van der Waals surface area contributed by atoms with E-state index in [9.17, 15) is 14.7 Å². The molecule has 0 spiro atoms. The minimum Gasteiger partial charge on any atom is -0.458 e. The number of aromatic nitrogens is 3. The minimum absolute atomic E-state index is 0.0276. The number of aliphatic hydroxyl groups excluding tert-OH is 1. The third kappa shape index (κ3) is 7.71. The standard InChI is InChI=1S/C12H14N4O5S.C7H8.O3S/c1-5(18)20-7-2-6(4-17)21-10(7)16-9-8(22-12(16)19)3-14-11(13)15-9;1-7-5-3-2-4-6-7;1-4(2)3/h3,6-7,10,17H,2,4H2,1H3,(H2,13,14,15);2-6H,1H3;/t6-,7+,10+;;/m0../s1. The van der Waals surface area contributed by atoms with E-state index in [4.69, 9.17) is 27.8 Å². The molecule has 1 saturated heterocycles. The van der Waals surface area contributed by atoms with Gasteiger partial charge in [0.2, 0.25) is 5.95 Å². The van der Waals surface area contributed by atoms with Crippen LogP contribution in [-0.2, 0) is 24.9 Å². The van der Waals surface area contributed by atoms with Crippen molar-refractivity contribution >= 4 is 44.2 Å². The predicted octanol–water partition coefficient (Wildman–Crippen LogP) is 0.638. The summed E-state index contributed by atoms with van der Waals surface area (Å²) in [6, 6.07) is 10.3. The van der Waals surface area contributed by atoms with Crippen LogP contribution in [0.3, 0.4) is 0 Å². The van der Waals surface area contributed by atoms with Gasteiger partial charge in [0.25, 0.3) is 0 Å². The Morgan fingerprint density at radius 1 is 1.33 bits per heavy atom. The molecule has 0 bridgehead atoms. The monoisotopic (exact) mass is 498 g/mol. The molecule has 0 unspecified atom stereocenters. The number of carbonyl (C=O) groups is 1. The van der Waals surface area contributed by atoms with Crippen molar-refractivity contribution < 1.29 is 32.0 Å². The number of benzene rings is 1. The normalized spacial score (nSPS) is 19.1. The molecule has 4 rings (SSSR count). The summed E-state index contributed by atoms with van der Waals surface area (Å²) in [5.74, 6) is -0.460. The molecule has 2 aromatic heterocycles. The molecule has 12 nitrogen and oxygen atoms in total. The Balaban J connectivity index is 0.000000290. The number of nitrogen functional groups attached to an aromatic ring is 1. The molecule has 1 aliphatic heterocycles. The molecule has 1 fully saturated rings. The average molecular weight is 499 g/mol. The maximum Gasteiger partial charge on any atom is 0.425 e. The highest BCUT2D eigenvalue weighted by Gasteiger charge is 2.40. The SMILES string of the molecule is CC(=O)O[C@@H]1C[C@@H](CO)O[C@H]1n1c(=O)sc2cnc(N)nc21.Cc1ccccc1.O=S(=O)=O. The Labute approximate surface area is 193 Å². The van der Waals surface area contributed by atoms with Crippen molar-refractivity contribution in [1.29, 1.82) is 0 Å². The van der Waals surface area contributed by atoms with Crippen LogP contribution in [0.25, 0.3) is 10.3 Å². The Morgan fingerprint density at radius 2 is 1.97 bits per heavy atom. The van der Waals surface area contributed by atoms with E-state index in [1.807, 2.05) is 18.2 Å². The average Bonchev–Trinajstić information content (AvgIpc) is 3.27. The van der Waals surface area contributed by atoms with Gasteiger partial charge >= 0.3 is 21.5 Å². The van der Waals surface area contributed by atoms with Gasteiger partial charge in [0.15, 0.2) is 11.9 Å². The summed E-state index contributed by atoms with van der Waals surface area (Å²) in [6.45, 7) is 3.13. The summed E-state index contributed by atoms with van der Waals surface area (Å²) in [6.07, 6.45) is -0.293. The maximum absolute atomic E-state index is 12.3. The van der Waals surface area contributed by atoms with Gasteiger partial charge in [-0.05, 0) is 6.92 Å². The number of hydrogen-bond acceptors (Lipinski definition) is 12. The number of esters is 1. The molecule has 3 aromatic rings. The van der Waals surface area contributed by atoms with Gasteiger partial charge in [-0.2, -0.15) is 4.98 Å². The maximum atomic E-state index is 12.3. The van der Waals surface area contributed by atoms with E-state index in [0.717, 1.165) is 11.3 Å². The zero-order valence-electron chi connectivity index (χ0n) is 17.7. The number of hydrogen-bond donors (Lipinski definition) is 2. The van der Waals surface area contributed by atoms with Gasteiger partial charge in [0.05, 0.1) is 23.6 Å². The number of aliphatic hydroxyl groups is 1. The fourth-order valence-corrected chi connectivity index (χ4v) is 3.81. The largest absolute Gasteiger partial charge is 0.458 e. The van der Waals surface area contributed by atoms with E-state index in [0.29, 0.717) is 16.8 Å². The topological polar surface area (TPSA) is 181 Å². The van der Waals surface area contributed by atoms with Gasteiger partial charge in [0.1, 0.15) is 6.10 Å². The first-order valence-electron chi connectivity index (χ1n) is 9.47. The summed E-state index contributed by atoms with van der Waals surface area (Å²) >= 11 is 0.948. The molecular weight excluding hydrogens is 476 g/mol. The second-order valence-electron chi connectivity index (χ2n) is 6.73. The molecule has 178 valence electrons.